The summed E-state index contributed by atoms with van der Waals surface area (Å²) in [5.41, 5.74) is 0.981. The van der Waals surface area contributed by atoms with Gasteiger partial charge in [0.2, 0.25) is 0 Å². The SMILES string of the molecule is CS(=O)(=O)CCCCCCC=Nc1ccccc1. The molecule has 0 aliphatic rings. The summed E-state index contributed by atoms with van der Waals surface area (Å²) in [5, 5.41) is 0. The minimum Gasteiger partial charge on any atom is -0.261 e. The van der Waals surface area contributed by atoms with E-state index >= 15 is 0 Å². The quantitative estimate of drug-likeness (QED) is 0.535. The molecule has 0 heterocycles. The molecule has 0 fully saturated rings. The summed E-state index contributed by atoms with van der Waals surface area (Å²) in [6.07, 6.45) is 8.07. The molecule has 0 atom stereocenters. The molecule has 0 amide bonds. The summed E-state index contributed by atoms with van der Waals surface area (Å²) in [6.45, 7) is 0. The third-order valence-corrected chi connectivity index (χ3v) is 3.63. The first-order valence-electron chi connectivity index (χ1n) is 6.33. The van der Waals surface area contributed by atoms with E-state index in [0.29, 0.717) is 5.75 Å². The van der Waals surface area contributed by atoms with Crippen LogP contribution in [0, 0.1) is 0 Å². The van der Waals surface area contributed by atoms with Gasteiger partial charge in [0.05, 0.1) is 5.69 Å². The van der Waals surface area contributed by atoms with Gasteiger partial charge in [0.15, 0.2) is 0 Å². The van der Waals surface area contributed by atoms with E-state index in [0.717, 1.165) is 37.8 Å². The maximum absolute atomic E-state index is 10.9. The molecule has 0 aromatic heterocycles. The number of para-hydroxylation sites is 1. The van der Waals surface area contributed by atoms with Crippen LogP contribution in [0.15, 0.2) is 35.3 Å². The molecule has 0 saturated heterocycles. The highest BCUT2D eigenvalue weighted by Crippen LogP contribution is 2.09. The molecule has 0 radical (unpaired) electrons. The molecule has 1 rings (SSSR count). The van der Waals surface area contributed by atoms with Crippen LogP contribution in [0.2, 0.25) is 0 Å². The minimum atomic E-state index is -2.78. The lowest BCUT2D eigenvalue weighted by Crippen LogP contribution is -2.02. The Balaban J connectivity index is 2.04. The lowest BCUT2D eigenvalue weighted by atomic mass is 10.2. The molecule has 0 aliphatic carbocycles. The summed E-state index contributed by atoms with van der Waals surface area (Å²) < 4.78 is 21.8. The van der Waals surface area contributed by atoms with Crippen molar-refractivity contribution in [3.8, 4) is 0 Å². The van der Waals surface area contributed by atoms with E-state index in [4.69, 9.17) is 0 Å². The fourth-order valence-corrected chi connectivity index (χ4v) is 2.37. The number of benzene rings is 1. The molecule has 0 aliphatic heterocycles. The van der Waals surface area contributed by atoms with Gasteiger partial charge in [0.1, 0.15) is 9.84 Å². The number of rotatable bonds is 8. The average molecular weight is 267 g/mol. The van der Waals surface area contributed by atoms with Crippen LogP contribution in [0.5, 0.6) is 0 Å². The molecule has 1 aromatic carbocycles. The Hall–Kier alpha value is -1.16. The van der Waals surface area contributed by atoms with E-state index in [1.165, 1.54) is 6.26 Å². The first-order chi connectivity index (χ1) is 8.58. The molecule has 0 unspecified atom stereocenters. The van der Waals surface area contributed by atoms with Gasteiger partial charge in [-0.25, -0.2) is 8.42 Å². The van der Waals surface area contributed by atoms with E-state index in [9.17, 15) is 8.42 Å². The first kappa shape index (κ1) is 14.9. The van der Waals surface area contributed by atoms with Gasteiger partial charge in [0, 0.05) is 18.2 Å². The predicted octanol–water partition coefficient (Wildman–Crippen LogP) is 3.38. The molecule has 0 N–H and O–H groups in total. The molecular formula is C14H21NO2S. The molecule has 0 bridgehead atoms. The maximum Gasteiger partial charge on any atom is 0.147 e. The van der Waals surface area contributed by atoms with Gasteiger partial charge < -0.3 is 0 Å². The number of nitrogens with zero attached hydrogens (tertiary/aromatic N) is 1. The van der Waals surface area contributed by atoms with E-state index < -0.39 is 9.84 Å². The van der Waals surface area contributed by atoms with Gasteiger partial charge >= 0.3 is 0 Å². The summed E-state index contributed by atoms with van der Waals surface area (Å²) in [5.74, 6) is 0.311. The highest BCUT2D eigenvalue weighted by molar-refractivity contribution is 7.90. The molecule has 18 heavy (non-hydrogen) atoms. The highest BCUT2D eigenvalue weighted by Gasteiger charge is 2.00. The van der Waals surface area contributed by atoms with E-state index in [1.54, 1.807) is 0 Å². The topological polar surface area (TPSA) is 46.5 Å². The summed E-state index contributed by atoms with van der Waals surface area (Å²) in [7, 11) is -2.78. The van der Waals surface area contributed by atoms with Crippen LogP contribution in [0.3, 0.4) is 0 Å². The van der Waals surface area contributed by atoms with Gasteiger partial charge in [-0.3, -0.25) is 4.99 Å². The molecule has 4 heteroatoms. The van der Waals surface area contributed by atoms with Gasteiger partial charge in [-0.05, 0) is 31.4 Å². The molecule has 1 aromatic rings. The van der Waals surface area contributed by atoms with Crippen molar-refractivity contribution in [1.29, 1.82) is 0 Å². The first-order valence-corrected chi connectivity index (χ1v) is 8.39. The Morgan fingerprint density at radius 3 is 2.39 bits per heavy atom. The summed E-state index contributed by atoms with van der Waals surface area (Å²) >= 11 is 0. The van der Waals surface area contributed by atoms with Crippen molar-refractivity contribution < 1.29 is 8.42 Å². The minimum absolute atomic E-state index is 0.311. The van der Waals surface area contributed by atoms with Crippen LogP contribution < -0.4 is 0 Å². The molecule has 3 nitrogen and oxygen atoms in total. The average Bonchev–Trinajstić information content (AvgIpc) is 2.32. The van der Waals surface area contributed by atoms with E-state index in [-0.39, 0.29) is 0 Å². The second kappa shape index (κ2) is 8.03. The molecular weight excluding hydrogens is 246 g/mol. The monoisotopic (exact) mass is 267 g/mol. The summed E-state index contributed by atoms with van der Waals surface area (Å²) in [6, 6.07) is 9.86. The Kier molecular flexibility index (Phi) is 6.65. The van der Waals surface area contributed by atoms with Crippen LogP contribution in [-0.4, -0.2) is 26.6 Å². The van der Waals surface area contributed by atoms with E-state index in [2.05, 4.69) is 4.99 Å². The standard InChI is InChI=1S/C14H21NO2S/c1-18(16,17)13-9-4-2-3-8-12-15-14-10-6-5-7-11-14/h5-7,10-12H,2-4,8-9,13H2,1H3. The number of sulfone groups is 1. The predicted molar refractivity (Wildman–Crippen MR) is 77.4 cm³/mol. The van der Waals surface area contributed by atoms with Crippen molar-refractivity contribution >= 4 is 21.7 Å². The van der Waals surface area contributed by atoms with Crippen LogP contribution in [-0.2, 0) is 9.84 Å². The van der Waals surface area contributed by atoms with Gasteiger partial charge in [-0.2, -0.15) is 0 Å². The Bertz CT molecular complexity index is 452. The second-order valence-electron chi connectivity index (χ2n) is 4.48. The summed E-state index contributed by atoms with van der Waals surface area (Å²) in [4.78, 5) is 4.34. The Morgan fingerprint density at radius 1 is 1.06 bits per heavy atom. The third-order valence-electron chi connectivity index (χ3n) is 2.59. The maximum atomic E-state index is 10.9. The molecule has 0 spiro atoms. The van der Waals surface area contributed by atoms with Crippen LogP contribution in [0.4, 0.5) is 5.69 Å². The van der Waals surface area contributed by atoms with Crippen molar-refractivity contribution in [3.05, 3.63) is 30.3 Å². The Labute approximate surface area is 110 Å². The second-order valence-corrected chi connectivity index (χ2v) is 6.74. The molecule has 0 saturated carbocycles. The number of hydrogen-bond acceptors (Lipinski definition) is 3. The Morgan fingerprint density at radius 2 is 1.72 bits per heavy atom. The van der Waals surface area contributed by atoms with Crippen molar-refractivity contribution in [3.63, 3.8) is 0 Å². The fraction of sp³-hybridized carbons (Fsp3) is 0.500. The van der Waals surface area contributed by atoms with Gasteiger partial charge in [-0.15, -0.1) is 0 Å². The number of aliphatic imine (C=N–C) groups is 1. The van der Waals surface area contributed by atoms with Crippen LogP contribution >= 0.6 is 0 Å². The number of unbranched alkanes of at least 4 members (excludes halogenated alkanes) is 4. The zero-order valence-electron chi connectivity index (χ0n) is 10.9. The smallest absolute Gasteiger partial charge is 0.147 e. The highest BCUT2D eigenvalue weighted by atomic mass is 32.2. The lowest BCUT2D eigenvalue weighted by molar-refractivity contribution is 0.594. The van der Waals surface area contributed by atoms with Gasteiger partial charge in [0.25, 0.3) is 0 Å². The van der Waals surface area contributed by atoms with Crippen molar-refractivity contribution in [2.45, 2.75) is 32.1 Å². The van der Waals surface area contributed by atoms with Gasteiger partial charge in [-0.1, -0.05) is 31.0 Å². The van der Waals surface area contributed by atoms with Crippen LogP contribution in [0.1, 0.15) is 32.1 Å². The largest absolute Gasteiger partial charge is 0.261 e. The van der Waals surface area contributed by atoms with Crippen molar-refractivity contribution in [1.82, 2.24) is 0 Å². The zero-order chi connectivity index (χ0) is 13.3. The zero-order valence-corrected chi connectivity index (χ0v) is 11.7. The van der Waals surface area contributed by atoms with Crippen molar-refractivity contribution in [2.24, 2.45) is 4.99 Å². The van der Waals surface area contributed by atoms with Crippen molar-refractivity contribution in [2.75, 3.05) is 12.0 Å². The fourth-order valence-electron chi connectivity index (χ4n) is 1.64. The van der Waals surface area contributed by atoms with Crippen LogP contribution in [0.25, 0.3) is 0 Å². The third kappa shape index (κ3) is 8.01. The normalized spacial score (nSPS) is 12.1. The molecule has 100 valence electrons. The lowest BCUT2D eigenvalue weighted by Gasteiger charge is -1.98. The van der Waals surface area contributed by atoms with E-state index in [1.807, 2.05) is 36.5 Å². The number of hydrogen-bond donors (Lipinski definition) is 0.